The van der Waals surface area contributed by atoms with Gasteiger partial charge in [-0.15, -0.1) is 0 Å². The highest BCUT2D eigenvalue weighted by atomic mass is 19.2. The fraction of sp³-hybridized carbons (Fsp3) is 0.400. The first kappa shape index (κ1) is 15.3. The average molecular weight is 289 g/mol. The van der Waals surface area contributed by atoms with Gasteiger partial charge in [-0.1, -0.05) is 0 Å². The van der Waals surface area contributed by atoms with Crippen LogP contribution in [0.2, 0.25) is 0 Å². The molecule has 0 N–H and O–H groups in total. The second kappa shape index (κ2) is 6.57. The molecule has 110 valence electrons. The van der Waals surface area contributed by atoms with E-state index >= 15 is 0 Å². The third kappa shape index (κ3) is 3.94. The first-order valence-corrected chi connectivity index (χ1v) is 6.51. The van der Waals surface area contributed by atoms with E-state index in [1.807, 2.05) is 6.07 Å². The molecule has 21 heavy (non-hydrogen) atoms. The van der Waals surface area contributed by atoms with Crippen LogP contribution in [0.4, 0.5) is 4.39 Å². The molecule has 1 unspecified atom stereocenters. The Hall–Kier alpha value is -2.10. The second-order valence-corrected chi connectivity index (χ2v) is 4.73. The van der Waals surface area contributed by atoms with Crippen LogP contribution in [0, 0.1) is 18.3 Å². The van der Waals surface area contributed by atoms with Crippen molar-refractivity contribution < 1.29 is 13.9 Å². The quantitative estimate of drug-likeness (QED) is 0.781. The van der Waals surface area contributed by atoms with Crippen molar-refractivity contribution in [1.82, 2.24) is 4.98 Å². The molecule has 0 saturated carbocycles. The maximum Gasteiger partial charge on any atom is 0.249 e. The Morgan fingerprint density at radius 3 is 2.95 bits per heavy atom. The Morgan fingerprint density at radius 1 is 1.43 bits per heavy atom. The number of pyridine rings is 1. The highest BCUT2D eigenvalue weighted by molar-refractivity contribution is 5.79. The predicted octanol–water partition coefficient (Wildman–Crippen LogP) is 2.41. The first-order chi connectivity index (χ1) is 10.1. The van der Waals surface area contributed by atoms with Gasteiger partial charge in [0.15, 0.2) is 0 Å². The van der Waals surface area contributed by atoms with Crippen LogP contribution in [0.25, 0.3) is 5.57 Å². The van der Waals surface area contributed by atoms with Crippen LogP contribution in [0.1, 0.15) is 23.4 Å². The molecule has 1 aromatic rings. The van der Waals surface area contributed by atoms with Crippen molar-refractivity contribution in [3.05, 3.63) is 35.3 Å². The third-order valence-electron chi connectivity index (χ3n) is 3.00. The van der Waals surface area contributed by atoms with Crippen LogP contribution in [0.3, 0.4) is 0 Å². The van der Waals surface area contributed by atoms with E-state index in [1.165, 1.54) is 7.11 Å². The third-order valence-corrected chi connectivity index (χ3v) is 3.00. The maximum absolute atomic E-state index is 14.6. The lowest BCUT2D eigenvalue weighted by molar-refractivity contribution is -0.0946. The molecule has 6 heteroatoms. The van der Waals surface area contributed by atoms with Crippen LogP contribution in [-0.4, -0.2) is 37.4 Å². The van der Waals surface area contributed by atoms with E-state index in [0.29, 0.717) is 23.6 Å². The minimum atomic E-state index is -1.95. The zero-order valence-electron chi connectivity index (χ0n) is 12.0. The largest absolute Gasteiger partial charge is 0.382 e. The highest BCUT2D eigenvalue weighted by Gasteiger charge is 2.32. The lowest BCUT2D eigenvalue weighted by Crippen LogP contribution is -2.32. The van der Waals surface area contributed by atoms with Gasteiger partial charge >= 0.3 is 0 Å². The van der Waals surface area contributed by atoms with Crippen molar-refractivity contribution in [1.29, 1.82) is 5.26 Å². The number of nitriles is 1. The van der Waals surface area contributed by atoms with Crippen molar-refractivity contribution >= 4 is 11.8 Å². The maximum atomic E-state index is 14.6. The lowest BCUT2D eigenvalue weighted by Gasteiger charge is -2.25. The summed E-state index contributed by atoms with van der Waals surface area (Å²) in [5.74, 6) is -1.95. The summed E-state index contributed by atoms with van der Waals surface area (Å²) in [5.41, 5.74) is 2.39. The predicted molar refractivity (Wildman–Crippen MR) is 76.4 cm³/mol. The van der Waals surface area contributed by atoms with Crippen LogP contribution < -0.4 is 0 Å². The summed E-state index contributed by atoms with van der Waals surface area (Å²) >= 11 is 0. The molecular weight excluding hydrogens is 273 g/mol. The lowest BCUT2D eigenvalue weighted by atomic mass is 9.98. The van der Waals surface area contributed by atoms with Crippen molar-refractivity contribution in [2.45, 2.75) is 19.2 Å². The number of hydrogen-bond acceptors (Lipinski definition) is 5. The Kier molecular flexibility index (Phi) is 4.78. The van der Waals surface area contributed by atoms with Gasteiger partial charge in [-0.05, 0) is 30.2 Å². The molecule has 0 radical (unpaired) electrons. The van der Waals surface area contributed by atoms with E-state index < -0.39 is 5.85 Å². The molecular formula is C15H16FN3O2. The van der Waals surface area contributed by atoms with Gasteiger partial charge in [0.05, 0.1) is 19.4 Å². The molecule has 1 aliphatic heterocycles. The van der Waals surface area contributed by atoms with Gasteiger partial charge in [0.25, 0.3) is 0 Å². The van der Waals surface area contributed by atoms with Gasteiger partial charge in [0, 0.05) is 25.4 Å². The number of rotatable bonds is 5. The molecule has 2 heterocycles. The SMILES string of the molecule is COCCOC1(F)C=NC=C(c2cc(C)nc(C#N)c2)C1. The Bertz CT molecular complexity index is 622. The molecule has 2 rings (SSSR count). The number of aliphatic imine (C=N–C) groups is 1. The number of alkyl halides is 1. The van der Waals surface area contributed by atoms with Gasteiger partial charge in [0.1, 0.15) is 11.8 Å². The summed E-state index contributed by atoms with van der Waals surface area (Å²) in [5, 5.41) is 8.96. The average Bonchev–Trinajstić information content (AvgIpc) is 2.46. The van der Waals surface area contributed by atoms with E-state index in [4.69, 9.17) is 14.7 Å². The van der Waals surface area contributed by atoms with Gasteiger partial charge < -0.3 is 9.47 Å². The van der Waals surface area contributed by atoms with E-state index in [2.05, 4.69) is 9.98 Å². The van der Waals surface area contributed by atoms with E-state index in [-0.39, 0.29) is 13.0 Å². The molecule has 0 amide bonds. The number of methoxy groups -OCH3 is 1. The zero-order valence-corrected chi connectivity index (χ0v) is 12.0. The molecule has 0 bridgehead atoms. The summed E-state index contributed by atoms with van der Waals surface area (Å²) in [6.45, 7) is 2.24. The summed E-state index contributed by atoms with van der Waals surface area (Å²) in [7, 11) is 1.53. The van der Waals surface area contributed by atoms with Gasteiger partial charge in [-0.25, -0.2) is 9.37 Å². The summed E-state index contributed by atoms with van der Waals surface area (Å²) in [4.78, 5) is 8.00. The molecule has 1 aliphatic rings. The van der Waals surface area contributed by atoms with Crippen LogP contribution >= 0.6 is 0 Å². The normalized spacial score (nSPS) is 21.0. The number of ether oxygens (including phenoxy) is 2. The van der Waals surface area contributed by atoms with Crippen LogP contribution in [0.5, 0.6) is 0 Å². The number of hydrogen-bond donors (Lipinski definition) is 0. The summed E-state index contributed by atoms with van der Waals surface area (Å²) in [6.07, 6.45) is 2.76. The van der Waals surface area contributed by atoms with Crippen molar-refractivity contribution in [3.8, 4) is 6.07 Å². The zero-order chi connectivity index (χ0) is 15.3. The number of aromatic nitrogens is 1. The van der Waals surface area contributed by atoms with Gasteiger partial charge in [-0.2, -0.15) is 5.26 Å². The Morgan fingerprint density at radius 2 is 2.24 bits per heavy atom. The monoisotopic (exact) mass is 289 g/mol. The number of nitrogens with zero attached hydrogens (tertiary/aromatic N) is 3. The topological polar surface area (TPSA) is 67.5 Å². The van der Waals surface area contributed by atoms with Crippen molar-refractivity contribution in [2.75, 3.05) is 20.3 Å². The molecule has 5 nitrogen and oxygen atoms in total. The van der Waals surface area contributed by atoms with Gasteiger partial charge in [-0.3, -0.25) is 4.99 Å². The smallest absolute Gasteiger partial charge is 0.249 e. The van der Waals surface area contributed by atoms with E-state index in [9.17, 15) is 4.39 Å². The standard InChI is InChI=1S/C15H16FN3O2/c1-11-5-12(6-14(8-17)19-11)13-7-15(16,10-18-9-13)21-4-3-20-2/h5-6,9-10H,3-4,7H2,1-2H3. The summed E-state index contributed by atoms with van der Waals surface area (Å²) in [6, 6.07) is 5.41. The molecule has 0 spiro atoms. The number of aryl methyl sites for hydroxylation is 1. The fourth-order valence-electron chi connectivity index (χ4n) is 2.06. The van der Waals surface area contributed by atoms with E-state index in [1.54, 1.807) is 25.3 Å². The summed E-state index contributed by atoms with van der Waals surface area (Å²) < 4.78 is 24.6. The van der Waals surface area contributed by atoms with E-state index in [0.717, 1.165) is 11.8 Å². The Labute approximate surface area is 122 Å². The molecule has 0 aliphatic carbocycles. The van der Waals surface area contributed by atoms with Crippen LogP contribution in [0.15, 0.2) is 23.3 Å². The minimum Gasteiger partial charge on any atom is -0.382 e. The molecule has 0 fully saturated rings. The molecule has 1 atom stereocenters. The Balaban J connectivity index is 2.18. The first-order valence-electron chi connectivity index (χ1n) is 6.51. The number of halogens is 1. The second-order valence-electron chi connectivity index (χ2n) is 4.73. The molecule has 1 aromatic heterocycles. The fourth-order valence-corrected chi connectivity index (χ4v) is 2.06. The van der Waals surface area contributed by atoms with Crippen molar-refractivity contribution in [2.24, 2.45) is 4.99 Å². The van der Waals surface area contributed by atoms with Gasteiger partial charge in [0.2, 0.25) is 5.85 Å². The minimum absolute atomic E-state index is 0.0362. The van der Waals surface area contributed by atoms with Crippen molar-refractivity contribution in [3.63, 3.8) is 0 Å². The van der Waals surface area contributed by atoms with Crippen LogP contribution in [-0.2, 0) is 9.47 Å². The molecule has 0 saturated heterocycles. The molecule has 0 aromatic carbocycles. The highest BCUT2D eigenvalue weighted by Crippen LogP contribution is 2.31.